The number of nitrogens with one attached hydrogen (secondary N) is 1. The molecule has 1 aromatic rings. The van der Waals surface area contributed by atoms with Crippen molar-refractivity contribution >= 4 is 28.3 Å². The lowest BCUT2D eigenvalue weighted by Gasteiger charge is -2.40. The van der Waals surface area contributed by atoms with Crippen molar-refractivity contribution < 1.29 is 0 Å². The van der Waals surface area contributed by atoms with Gasteiger partial charge in [0, 0.05) is 34.4 Å². The van der Waals surface area contributed by atoms with Gasteiger partial charge >= 0.3 is 0 Å². The second-order valence-corrected chi connectivity index (χ2v) is 6.58. The minimum Gasteiger partial charge on any atom is -0.366 e. The van der Waals surface area contributed by atoms with Crippen LogP contribution in [0.1, 0.15) is 19.8 Å². The van der Waals surface area contributed by atoms with Gasteiger partial charge in [-0.2, -0.15) is 0 Å². The lowest BCUT2D eigenvalue weighted by Crippen LogP contribution is -2.56. The molecule has 0 aromatic heterocycles. The van der Waals surface area contributed by atoms with E-state index in [4.69, 9.17) is 0 Å². The van der Waals surface area contributed by atoms with Gasteiger partial charge in [0.1, 0.15) is 0 Å². The molecule has 3 rings (SSSR count). The quantitative estimate of drug-likeness (QED) is 0.832. The highest BCUT2D eigenvalue weighted by Gasteiger charge is 2.36. The predicted molar refractivity (Wildman–Crippen MR) is 80.5 cm³/mol. The molecule has 1 saturated heterocycles. The molecule has 0 spiro atoms. The molecule has 1 aliphatic carbocycles. The summed E-state index contributed by atoms with van der Waals surface area (Å²) in [4.78, 5) is 2.57. The Balaban J connectivity index is 1.79. The van der Waals surface area contributed by atoms with E-state index in [9.17, 15) is 0 Å². The van der Waals surface area contributed by atoms with Gasteiger partial charge < -0.3 is 10.2 Å². The Morgan fingerprint density at radius 2 is 2.18 bits per heavy atom. The van der Waals surface area contributed by atoms with Crippen molar-refractivity contribution in [2.75, 3.05) is 18.0 Å². The van der Waals surface area contributed by atoms with Crippen LogP contribution in [-0.2, 0) is 0 Å². The summed E-state index contributed by atoms with van der Waals surface area (Å²) < 4.78 is 1.33. The molecule has 2 unspecified atom stereocenters. The van der Waals surface area contributed by atoms with Crippen molar-refractivity contribution in [3.05, 3.63) is 27.8 Å². The molecule has 1 N–H and O–H groups in total. The third-order valence-corrected chi connectivity index (χ3v) is 4.60. The van der Waals surface area contributed by atoms with Gasteiger partial charge in [0.05, 0.1) is 0 Å². The third-order valence-electron chi connectivity index (χ3n) is 3.93. The van der Waals surface area contributed by atoms with Gasteiger partial charge in [0.25, 0.3) is 0 Å². The van der Waals surface area contributed by atoms with Crippen LogP contribution >= 0.6 is 22.6 Å². The Kier molecular flexibility index (Phi) is 3.30. The highest BCUT2D eigenvalue weighted by molar-refractivity contribution is 14.1. The maximum atomic E-state index is 3.70. The van der Waals surface area contributed by atoms with Gasteiger partial charge in [-0.3, -0.25) is 0 Å². The van der Waals surface area contributed by atoms with Crippen molar-refractivity contribution in [2.24, 2.45) is 5.92 Å². The molecule has 1 heterocycles. The summed E-state index contributed by atoms with van der Waals surface area (Å²) >= 11 is 2.40. The van der Waals surface area contributed by atoms with Crippen molar-refractivity contribution in [3.8, 4) is 0 Å². The molecule has 17 heavy (non-hydrogen) atoms. The predicted octanol–water partition coefficient (Wildman–Crippen LogP) is 2.87. The molecular weight excluding hydrogens is 323 g/mol. The molecule has 0 radical (unpaired) electrons. The Morgan fingerprint density at radius 3 is 2.88 bits per heavy atom. The standard InChI is InChI=1S/C14H19IN2/c1-10-8-16-14(11-5-6-11)9-17(10)13-4-2-3-12(15)7-13/h2-4,7,10-11,14,16H,5-6,8-9H2,1H3. The number of hydrogen-bond acceptors (Lipinski definition) is 2. The zero-order valence-corrected chi connectivity index (χ0v) is 12.4. The van der Waals surface area contributed by atoms with E-state index >= 15 is 0 Å². The molecule has 2 nitrogen and oxygen atoms in total. The highest BCUT2D eigenvalue weighted by Crippen LogP contribution is 2.35. The maximum Gasteiger partial charge on any atom is 0.0387 e. The molecular formula is C14H19IN2. The first-order valence-electron chi connectivity index (χ1n) is 6.49. The minimum atomic E-state index is 0.600. The summed E-state index contributed by atoms with van der Waals surface area (Å²) in [5.41, 5.74) is 1.39. The SMILES string of the molecule is CC1CNC(C2CC2)CN1c1cccc(I)c1. The van der Waals surface area contributed by atoms with Gasteiger partial charge in [-0.25, -0.2) is 0 Å². The summed E-state index contributed by atoms with van der Waals surface area (Å²) in [7, 11) is 0. The zero-order chi connectivity index (χ0) is 11.8. The van der Waals surface area contributed by atoms with Crippen LogP contribution in [0.2, 0.25) is 0 Å². The van der Waals surface area contributed by atoms with E-state index in [1.54, 1.807) is 0 Å². The summed E-state index contributed by atoms with van der Waals surface area (Å²) in [6.45, 7) is 4.61. The van der Waals surface area contributed by atoms with Gasteiger partial charge in [-0.05, 0) is 66.5 Å². The van der Waals surface area contributed by atoms with E-state index in [-0.39, 0.29) is 0 Å². The van der Waals surface area contributed by atoms with Crippen LogP contribution in [0.3, 0.4) is 0 Å². The number of benzene rings is 1. The molecule has 0 amide bonds. The first-order valence-corrected chi connectivity index (χ1v) is 7.57. The summed E-state index contributed by atoms with van der Waals surface area (Å²) in [5, 5.41) is 3.70. The number of rotatable bonds is 2. The second-order valence-electron chi connectivity index (χ2n) is 5.33. The van der Waals surface area contributed by atoms with Crippen LogP contribution in [0.25, 0.3) is 0 Å². The largest absolute Gasteiger partial charge is 0.366 e. The fourth-order valence-corrected chi connectivity index (χ4v) is 3.24. The van der Waals surface area contributed by atoms with Crippen LogP contribution in [0, 0.1) is 9.49 Å². The Bertz CT molecular complexity index is 403. The van der Waals surface area contributed by atoms with E-state index in [1.165, 1.54) is 28.6 Å². The first kappa shape index (κ1) is 11.8. The Hall–Kier alpha value is -0.290. The number of halogens is 1. The van der Waals surface area contributed by atoms with E-state index < -0.39 is 0 Å². The molecule has 92 valence electrons. The Labute approximate surface area is 117 Å². The molecule has 1 aromatic carbocycles. The summed E-state index contributed by atoms with van der Waals surface area (Å²) in [5.74, 6) is 0.938. The molecule has 2 aliphatic rings. The Morgan fingerprint density at radius 1 is 1.35 bits per heavy atom. The lowest BCUT2D eigenvalue weighted by atomic mass is 10.1. The van der Waals surface area contributed by atoms with Crippen LogP contribution in [0.4, 0.5) is 5.69 Å². The van der Waals surface area contributed by atoms with Gasteiger partial charge in [-0.1, -0.05) is 6.07 Å². The number of piperazine rings is 1. The third kappa shape index (κ3) is 2.60. The van der Waals surface area contributed by atoms with Crippen molar-refractivity contribution in [1.82, 2.24) is 5.32 Å². The summed E-state index contributed by atoms with van der Waals surface area (Å²) in [6, 6.07) is 10.2. The molecule has 0 bridgehead atoms. The van der Waals surface area contributed by atoms with Crippen LogP contribution in [0.15, 0.2) is 24.3 Å². The molecule has 1 saturated carbocycles. The molecule has 2 fully saturated rings. The van der Waals surface area contributed by atoms with E-state index in [2.05, 4.69) is 64.0 Å². The van der Waals surface area contributed by atoms with Gasteiger partial charge in [-0.15, -0.1) is 0 Å². The lowest BCUT2D eigenvalue weighted by molar-refractivity contribution is 0.376. The molecule has 3 heteroatoms. The summed E-state index contributed by atoms with van der Waals surface area (Å²) in [6.07, 6.45) is 2.85. The number of hydrogen-bond donors (Lipinski definition) is 1. The monoisotopic (exact) mass is 342 g/mol. The molecule has 2 atom stereocenters. The van der Waals surface area contributed by atoms with Crippen molar-refractivity contribution in [1.29, 1.82) is 0 Å². The van der Waals surface area contributed by atoms with Gasteiger partial charge in [0.15, 0.2) is 0 Å². The van der Waals surface area contributed by atoms with E-state index in [0.29, 0.717) is 12.1 Å². The maximum absolute atomic E-state index is 3.70. The average Bonchev–Trinajstić information content (AvgIpc) is 3.14. The minimum absolute atomic E-state index is 0.600. The van der Waals surface area contributed by atoms with Crippen LogP contribution in [-0.4, -0.2) is 25.2 Å². The van der Waals surface area contributed by atoms with Crippen molar-refractivity contribution in [2.45, 2.75) is 31.8 Å². The fourth-order valence-electron chi connectivity index (χ4n) is 2.72. The van der Waals surface area contributed by atoms with Crippen LogP contribution in [0.5, 0.6) is 0 Å². The number of nitrogens with zero attached hydrogens (tertiary/aromatic N) is 1. The topological polar surface area (TPSA) is 15.3 Å². The van der Waals surface area contributed by atoms with E-state index in [1.807, 2.05) is 0 Å². The second kappa shape index (κ2) is 4.76. The van der Waals surface area contributed by atoms with Gasteiger partial charge in [0.2, 0.25) is 0 Å². The van der Waals surface area contributed by atoms with E-state index in [0.717, 1.165) is 12.5 Å². The normalized spacial score (nSPS) is 29.4. The first-order chi connectivity index (χ1) is 8.24. The fraction of sp³-hybridized carbons (Fsp3) is 0.571. The van der Waals surface area contributed by atoms with Crippen molar-refractivity contribution in [3.63, 3.8) is 0 Å². The molecule has 1 aliphatic heterocycles. The highest BCUT2D eigenvalue weighted by atomic mass is 127. The average molecular weight is 342 g/mol. The van der Waals surface area contributed by atoms with Crippen LogP contribution < -0.4 is 10.2 Å². The number of anilines is 1. The smallest absolute Gasteiger partial charge is 0.0387 e. The zero-order valence-electron chi connectivity index (χ0n) is 10.2.